The molecule has 0 aromatic rings. The third kappa shape index (κ3) is 2.06. The summed E-state index contributed by atoms with van der Waals surface area (Å²) < 4.78 is 0. The van der Waals surface area contributed by atoms with Crippen molar-refractivity contribution >= 4 is 5.97 Å². The van der Waals surface area contributed by atoms with Crippen LogP contribution in [0.4, 0.5) is 0 Å². The Balaban J connectivity index is 2.84. The molecule has 74 valence electrons. The van der Waals surface area contributed by atoms with Gasteiger partial charge >= 0.3 is 5.97 Å². The number of carboxylic acids is 1. The zero-order valence-corrected chi connectivity index (χ0v) is 6.92. The van der Waals surface area contributed by atoms with Gasteiger partial charge in [0, 0.05) is 17.9 Å². The number of hydrogen-bond donors (Lipinski definition) is 4. The van der Waals surface area contributed by atoms with Crippen molar-refractivity contribution in [1.29, 1.82) is 0 Å². The molecule has 0 spiro atoms. The highest BCUT2D eigenvalue weighted by atomic mass is 16.4. The maximum absolute atomic E-state index is 10.5. The van der Waals surface area contributed by atoms with Crippen molar-refractivity contribution in [2.75, 3.05) is 6.61 Å². The van der Waals surface area contributed by atoms with E-state index in [4.69, 9.17) is 10.2 Å². The molecule has 5 nitrogen and oxygen atoms in total. The number of aliphatic hydroxyl groups excluding tert-OH is 3. The standard InChI is InChI=1S/C8H12O5/c9-3-5-1-4(8(12)13)2-6(10)7(5)11/h1,5-7,9-11H,2-3H2,(H,12,13)/t5-,6+,7+/m0/s1. The van der Waals surface area contributed by atoms with E-state index >= 15 is 0 Å². The van der Waals surface area contributed by atoms with Crippen LogP contribution < -0.4 is 0 Å². The molecule has 0 aliphatic heterocycles. The normalized spacial score (nSPS) is 34.1. The molecule has 0 bridgehead atoms. The molecule has 13 heavy (non-hydrogen) atoms. The molecule has 0 aromatic heterocycles. The fourth-order valence-electron chi connectivity index (χ4n) is 1.38. The van der Waals surface area contributed by atoms with E-state index in [2.05, 4.69) is 0 Å². The summed E-state index contributed by atoms with van der Waals surface area (Å²) in [5.74, 6) is -1.81. The van der Waals surface area contributed by atoms with Crippen molar-refractivity contribution < 1.29 is 25.2 Å². The average Bonchev–Trinajstić information content (AvgIpc) is 2.09. The van der Waals surface area contributed by atoms with E-state index in [1.54, 1.807) is 0 Å². The second-order valence-corrected chi connectivity index (χ2v) is 3.11. The topological polar surface area (TPSA) is 98.0 Å². The first-order valence-corrected chi connectivity index (χ1v) is 3.97. The largest absolute Gasteiger partial charge is 0.478 e. The van der Waals surface area contributed by atoms with Crippen molar-refractivity contribution in [3.05, 3.63) is 11.6 Å². The maximum Gasteiger partial charge on any atom is 0.331 e. The lowest BCUT2D eigenvalue weighted by atomic mass is 9.86. The SMILES string of the molecule is O=C(O)C1=C[C@@H](CO)[C@@H](O)[C@H](O)C1. The van der Waals surface area contributed by atoms with Crippen LogP contribution in [-0.2, 0) is 4.79 Å². The lowest BCUT2D eigenvalue weighted by Gasteiger charge is -2.28. The zero-order valence-electron chi connectivity index (χ0n) is 6.92. The highest BCUT2D eigenvalue weighted by molar-refractivity contribution is 5.86. The molecule has 3 atom stereocenters. The van der Waals surface area contributed by atoms with Crippen LogP contribution in [0, 0.1) is 5.92 Å². The molecule has 1 aliphatic carbocycles. The third-order valence-corrected chi connectivity index (χ3v) is 2.16. The number of rotatable bonds is 2. The Bertz CT molecular complexity index is 235. The van der Waals surface area contributed by atoms with E-state index in [1.807, 2.05) is 0 Å². The minimum Gasteiger partial charge on any atom is -0.478 e. The third-order valence-electron chi connectivity index (χ3n) is 2.16. The molecule has 0 aromatic carbocycles. The van der Waals surface area contributed by atoms with Crippen molar-refractivity contribution in [1.82, 2.24) is 0 Å². The van der Waals surface area contributed by atoms with E-state index in [1.165, 1.54) is 6.08 Å². The first kappa shape index (κ1) is 10.2. The van der Waals surface area contributed by atoms with Gasteiger partial charge in [-0.25, -0.2) is 4.79 Å². The van der Waals surface area contributed by atoms with Gasteiger partial charge in [-0.3, -0.25) is 0 Å². The number of carbonyl (C=O) groups is 1. The van der Waals surface area contributed by atoms with E-state index in [0.717, 1.165) is 0 Å². The molecule has 1 aliphatic rings. The molecule has 0 amide bonds. The minimum atomic E-state index is -1.12. The van der Waals surface area contributed by atoms with E-state index < -0.39 is 24.1 Å². The molecule has 4 N–H and O–H groups in total. The first-order valence-electron chi connectivity index (χ1n) is 3.97. The maximum atomic E-state index is 10.5. The van der Waals surface area contributed by atoms with Gasteiger partial charge in [0.05, 0.1) is 18.8 Å². The highest BCUT2D eigenvalue weighted by Gasteiger charge is 2.31. The van der Waals surface area contributed by atoms with Gasteiger partial charge in [-0.15, -0.1) is 0 Å². The summed E-state index contributed by atoms with van der Waals surface area (Å²) in [7, 11) is 0. The Labute approximate surface area is 74.9 Å². The molecule has 0 heterocycles. The predicted octanol–water partition coefficient (Wildman–Crippen LogP) is -1.27. The van der Waals surface area contributed by atoms with Crippen molar-refractivity contribution in [2.24, 2.45) is 5.92 Å². The quantitative estimate of drug-likeness (QED) is 0.433. The summed E-state index contributed by atoms with van der Waals surface area (Å²) in [6, 6.07) is 0. The number of hydrogen-bond acceptors (Lipinski definition) is 4. The van der Waals surface area contributed by atoms with Gasteiger partial charge in [0.15, 0.2) is 0 Å². The number of aliphatic hydroxyl groups is 3. The Kier molecular flexibility index (Phi) is 3.02. The summed E-state index contributed by atoms with van der Waals surface area (Å²) in [6.07, 6.45) is -0.964. The Morgan fingerprint density at radius 2 is 2.15 bits per heavy atom. The van der Waals surface area contributed by atoms with Crippen LogP contribution >= 0.6 is 0 Å². The molecule has 0 saturated carbocycles. The lowest BCUT2D eigenvalue weighted by molar-refractivity contribution is -0.133. The minimum absolute atomic E-state index is 0.0388. The number of carboxylic acid groups (broad SMARTS) is 1. The van der Waals surface area contributed by atoms with Gasteiger partial charge in [0.25, 0.3) is 0 Å². The van der Waals surface area contributed by atoms with E-state index in [-0.39, 0.29) is 18.6 Å². The average molecular weight is 188 g/mol. The fraction of sp³-hybridized carbons (Fsp3) is 0.625. The van der Waals surface area contributed by atoms with Crippen LogP contribution in [-0.4, -0.2) is 45.2 Å². The Hall–Kier alpha value is -0.910. The van der Waals surface area contributed by atoms with Gasteiger partial charge in [-0.05, 0) is 0 Å². The van der Waals surface area contributed by atoms with Crippen molar-refractivity contribution in [3.63, 3.8) is 0 Å². The molecule has 5 heteroatoms. The number of aliphatic carboxylic acids is 1. The van der Waals surface area contributed by atoms with Crippen LogP contribution in [0.25, 0.3) is 0 Å². The highest BCUT2D eigenvalue weighted by Crippen LogP contribution is 2.23. The van der Waals surface area contributed by atoms with Crippen LogP contribution in [0.1, 0.15) is 6.42 Å². The summed E-state index contributed by atoms with van der Waals surface area (Å²) in [5, 5.41) is 35.9. The van der Waals surface area contributed by atoms with Gasteiger partial charge in [-0.2, -0.15) is 0 Å². The van der Waals surface area contributed by atoms with E-state index in [9.17, 15) is 15.0 Å². The molecular formula is C8H12O5. The first-order chi connectivity index (χ1) is 6.06. The van der Waals surface area contributed by atoms with Gasteiger partial charge in [0.1, 0.15) is 0 Å². The molecule has 0 radical (unpaired) electrons. The van der Waals surface area contributed by atoms with Gasteiger partial charge < -0.3 is 20.4 Å². The second-order valence-electron chi connectivity index (χ2n) is 3.11. The Morgan fingerprint density at radius 1 is 1.54 bits per heavy atom. The second kappa shape index (κ2) is 3.87. The van der Waals surface area contributed by atoms with Gasteiger partial charge in [-0.1, -0.05) is 6.08 Å². The fourth-order valence-corrected chi connectivity index (χ4v) is 1.38. The summed E-state index contributed by atoms with van der Waals surface area (Å²) >= 11 is 0. The Morgan fingerprint density at radius 3 is 2.62 bits per heavy atom. The van der Waals surface area contributed by atoms with Crippen LogP contribution in [0.15, 0.2) is 11.6 Å². The molecule has 1 rings (SSSR count). The summed E-state index contributed by atoms with van der Waals surface area (Å²) in [4.78, 5) is 10.5. The molecule has 0 saturated heterocycles. The molecule has 0 fully saturated rings. The van der Waals surface area contributed by atoms with Gasteiger partial charge in [0.2, 0.25) is 0 Å². The lowest BCUT2D eigenvalue weighted by Crippen LogP contribution is -2.39. The molecule has 0 unspecified atom stereocenters. The van der Waals surface area contributed by atoms with Crippen molar-refractivity contribution in [2.45, 2.75) is 18.6 Å². The summed E-state index contributed by atoms with van der Waals surface area (Å²) in [5.41, 5.74) is 0.0388. The van der Waals surface area contributed by atoms with Crippen LogP contribution in [0.3, 0.4) is 0 Å². The molecular weight excluding hydrogens is 176 g/mol. The summed E-state index contributed by atoms with van der Waals surface area (Å²) in [6.45, 7) is -0.366. The zero-order chi connectivity index (χ0) is 10.0. The smallest absolute Gasteiger partial charge is 0.331 e. The monoisotopic (exact) mass is 188 g/mol. The predicted molar refractivity (Wildman–Crippen MR) is 42.9 cm³/mol. The van der Waals surface area contributed by atoms with E-state index in [0.29, 0.717) is 0 Å². The van der Waals surface area contributed by atoms with Crippen LogP contribution in [0.2, 0.25) is 0 Å². The van der Waals surface area contributed by atoms with Crippen molar-refractivity contribution in [3.8, 4) is 0 Å². The van der Waals surface area contributed by atoms with Crippen LogP contribution in [0.5, 0.6) is 0 Å².